The first-order valence-electron chi connectivity index (χ1n) is 2.17. The molecule has 0 saturated carbocycles. The van der Waals surface area contributed by atoms with Gasteiger partial charge in [0.1, 0.15) is 0 Å². The Kier molecular flexibility index (Phi) is 2.30. The first kappa shape index (κ1) is 6.54. The summed E-state index contributed by atoms with van der Waals surface area (Å²) in [6, 6.07) is 0. The van der Waals surface area contributed by atoms with Crippen molar-refractivity contribution in [3.05, 3.63) is 18.0 Å². The second kappa shape index (κ2) is 2.82. The first-order valence-corrected chi connectivity index (χ1v) is 4.71. The third-order valence-electron chi connectivity index (χ3n) is 0.809. The van der Waals surface area contributed by atoms with Gasteiger partial charge in [-0.15, -0.1) is 0 Å². The van der Waals surface area contributed by atoms with Crippen molar-refractivity contribution >= 4 is 37.7 Å². The van der Waals surface area contributed by atoms with Gasteiger partial charge >= 0.3 is 69.1 Å². The SMILES string of the molecule is ClCc1cn[n]([Tl])c1. The van der Waals surface area contributed by atoms with Crippen LogP contribution in [0, 0.1) is 0 Å². The molecule has 0 atom stereocenters. The molecule has 1 aromatic rings. The van der Waals surface area contributed by atoms with Crippen molar-refractivity contribution < 1.29 is 0 Å². The predicted octanol–water partition coefficient (Wildman–Crippen LogP) is 0.553. The van der Waals surface area contributed by atoms with E-state index < -0.39 is 0 Å². The van der Waals surface area contributed by atoms with Crippen molar-refractivity contribution in [3.63, 3.8) is 0 Å². The molecule has 0 saturated heterocycles. The van der Waals surface area contributed by atoms with Crippen LogP contribution in [-0.4, -0.2) is 33.7 Å². The molecule has 8 heavy (non-hydrogen) atoms. The fraction of sp³-hybridized carbons (Fsp3) is 0.250. The van der Waals surface area contributed by atoms with Crippen LogP contribution in [0.5, 0.6) is 0 Å². The van der Waals surface area contributed by atoms with Crippen molar-refractivity contribution in [3.8, 4) is 0 Å². The molecule has 40 valence electrons. The minimum absolute atomic E-state index is 0.576. The van der Waals surface area contributed by atoms with E-state index in [1.807, 2.05) is 8.69 Å². The predicted molar refractivity (Wildman–Crippen MR) is 32.9 cm³/mol. The van der Waals surface area contributed by atoms with E-state index >= 15 is 0 Å². The van der Waals surface area contributed by atoms with E-state index in [1.165, 1.54) is 0 Å². The van der Waals surface area contributed by atoms with Gasteiger partial charge in [-0.3, -0.25) is 0 Å². The molecule has 1 rings (SSSR count). The topological polar surface area (TPSA) is 17.8 Å². The quantitative estimate of drug-likeness (QED) is 0.546. The molecule has 1 heterocycles. The molecule has 0 aromatic carbocycles. The van der Waals surface area contributed by atoms with Gasteiger partial charge in [-0.05, 0) is 0 Å². The van der Waals surface area contributed by atoms with Crippen LogP contribution < -0.4 is 0 Å². The number of halogens is 1. The third-order valence-corrected chi connectivity index (χ3v) is 2.22. The Hall–Kier alpha value is 0.422. The Morgan fingerprint density at radius 2 is 2.62 bits per heavy atom. The fourth-order valence-electron chi connectivity index (χ4n) is 0.446. The van der Waals surface area contributed by atoms with Gasteiger partial charge in [-0.1, -0.05) is 0 Å². The molecule has 0 unspecified atom stereocenters. The molecule has 4 heteroatoms. The summed E-state index contributed by atoms with van der Waals surface area (Å²) in [7, 11) is 0. The molecule has 0 N–H and O–H groups in total. The van der Waals surface area contributed by atoms with E-state index in [4.69, 9.17) is 11.6 Å². The Morgan fingerprint density at radius 3 is 2.88 bits per heavy atom. The van der Waals surface area contributed by atoms with Crippen LogP contribution in [-0.2, 0) is 5.88 Å². The van der Waals surface area contributed by atoms with Gasteiger partial charge in [-0.25, -0.2) is 0 Å². The summed E-state index contributed by atoms with van der Waals surface area (Å²) in [5.74, 6) is 0.576. The molecule has 0 fully saturated rings. The van der Waals surface area contributed by atoms with Gasteiger partial charge in [0.05, 0.1) is 0 Å². The Bertz CT molecular complexity index is 174. The van der Waals surface area contributed by atoms with Gasteiger partial charge in [0.2, 0.25) is 0 Å². The first-order chi connectivity index (χ1) is 3.83. The van der Waals surface area contributed by atoms with Crippen molar-refractivity contribution in [2.45, 2.75) is 5.88 Å². The summed E-state index contributed by atoms with van der Waals surface area (Å²) in [5, 5.41) is 3.99. The number of rotatable bonds is 1. The average Bonchev–Trinajstić information content (AvgIpc) is 2.14. The number of hydrogen-bond acceptors (Lipinski definition) is 1. The van der Waals surface area contributed by atoms with Gasteiger partial charge < -0.3 is 0 Å². The number of aromatic nitrogens is 2. The van der Waals surface area contributed by atoms with E-state index in [1.54, 1.807) is 6.20 Å². The molecule has 0 bridgehead atoms. The monoisotopic (exact) mass is 320 g/mol. The maximum atomic E-state index is 5.51. The van der Waals surface area contributed by atoms with Crippen LogP contribution in [0.4, 0.5) is 0 Å². The van der Waals surface area contributed by atoms with Crippen LogP contribution >= 0.6 is 11.6 Å². The van der Waals surface area contributed by atoms with Gasteiger partial charge in [0.15, 0.2) is 0 Å². The van der Waals surface area contributed by atoms with Gasteiger partial charge in [0, 0.05) is 0 Å². The Labute approximate surface area is 68.9 Å². The third kappa shape index (κ3) is 1.45. The summed E-state index contributed by atoms with van der Waals surface area (Å²) >= 11 is 6.27. The molecular formula is C4H4ClN2Tl. The van der Waals surface area contributed by atoms with E-state index in [2.05, 4.69) is 5.10 Å². The fourth-order valence-corrected chi connectivity index (χ4v) is 1.59. The summed E-state index contributed by atoms with van der Waals surface area (Å²) in [6.45, 7) is 0. The number of nitrogens with zero attached hydrogens (tertiary/aromatic N) is 2. The molecule has 0 aliphatic rings. The van der Waals surface area contributed by atoms with Crippen molar-refractivity contribution in [1.29, 1.82) is 0 Å². The summed E-state index contributed by atoms with van der Waals surface area (Å²) in [4.78, 5) is 0. The molecule has 0 aliphatic carbocycles. The second-order valence-corrected chi connectivity index (χ2v) is 3.79. The van der Waals surface area contributed by atoms with Crippen LogP contribution in [0.2, 0.25) is 0 Å². The molecule has 0 amide bonds. The van der Waals surface area contributed by atoms with Crippen LogP contribution in [0.15, 0.2) is 12.4 Å². The number of alkyl halides is 1. The second-order valence-electron chi connectivity index (χ2n) is 1.46. The van der Waals surface area contributed by atoms with Crippen LogP contribution in [0.25, 0.3) is 0 Å². The molecule has 1 aromatic heterocycles. The van der Waals surface area contributed by atoms with E-state index in [0.717, 1.165) is 31.6 Å². The molecule has 0 aliphatic heterocycles. The molecule has 2 nitrogen and oxygen atoms in total. The van der Waals surface area contributed by atoms with E-state index in [-0.39, 0.29) is 0 Å². The average molecular weight is 320 g/mol. The molecule has 0 radical (unpaired) electrons. The van der Waals surface area contributed by atoms with Gasteiger partial charge in [-0.2, -0.15) is 0 Å². The zero-order chi connectivity index (χ0) is 5.98. The van der Waals surface area contributed by atoms with Crippen LogP contribution in [0.3, 0.4) is 0 Å². The maximum absolute atomic E-state index is 5.51. The zero-order valence-electron chi connectivity index (χ0n) is 4.21. The standard InChI is InChI=1S/C4H4ClN2.Tl/c5-1-4-2-6-7-3-4;/h2-3H,1H2;/q-1;+1. The van der Waals surface area contributed by atoms with Crippen molar-refractivity contribution in [2.75, 3.05) is 0 Å². The minimum atomic E-state index is 0.576. The van der Waals surface area contributed by atoms with Gasteiger partial charge in [0.25, 0.3) is 0 Å². The number of hydrogen-bond donors (Lipinski definition) is 0. The van der Waals surface area contributed by atoms with Crippen molar-refractivity contribution in [2.24, 2.45) is 0 Å². The van der Waals surface area contributed by atoms with Crippen LogP contribution in [0.1, 0.15) is 5.56 Å². The molecular weight excluding hydrogens is 316 g/mol. The normalized spacial score (nSPS) is 9.50. The van der Waals surface area contributed by atoms with E-state index in [0.29, 0.717) is 5.88 Å². The molecule has 0 spiro atoms. The van der Waals surface area contributed by atoms with Crippen molar-refractivity contribution in [1.82, 2.24) is 7.59 Å². The zero-order valence-corrected chi connectivity index (χ0v) is 9.46. The summed E-state index contributed by atoms with van der Waals surface area (Å²) in [5.41, 5.74) is 1.11. The van der Waals surface area contributed by atoms with E-state index in [9.17, 15) is 0 Å². The summed E-state index contributed by atoms with van der Waals surface area (Å²) in [6.07, 6.45) is 3.77. The Morgan fingerprint density at radius 1 is 1.88 bits per heavy atom. The Balaban J connectivity index is 2.84. The summed E-state index contributed by atoms with van der Waals surface area (Å²) < 4.78 is 1.90.